The number of rotatable bonds is 34. The van der Waals surface area contributed by atoms with Gasteiger partial charge in [-0.05, 0) is 83.5 Å². The maximum absolute atomic E-state index is 12.4. The maximum atomic E-state index is 12.4. The molecule has 0 amide bonds. The van der Waals surface area contributed by atoms with Gasteiger partial charge in [-0.1, -0.05) is 148 Å². The molecule has 0 aliphatic rings. The Morgan fingerprint density at radius 2 is 1.07 bits per heavy atom. The molecule has 0 fully saturated rings. The second-order valence-corrected chi connectivity index (χ2v) is 13.9. The summed E-state index contributed by atoms with van der Waals surface area (Å²) in [5.41, 5.74) is 0. The fraction of sp³-hybridized carbons (Fsp3) is 0.511. The monoisotopic (exact) mass is 784 g/mol. The summed E-state index contributed by atoms with van der Waals surface area (Å²) in [6, 6.07) is 0. The zero-order valence-corrected chi connectivity index (χ0v) is 34.3. The molecule has 3 N–H and O–H groups in total. The van der Waals surface area contributed by atoms with Gasteiger partial charge in [-0.2, -0.15) is 0 Å². The van der Waals surface area contributed by atoms with E-state index in [-0.39, 0.29) is 19.4 Å². The van der Waals surface area contributed by atoms with Gasteiger partial charge in [-0.3, -0.25) is 14.1 Å². The van der Waals surface area contributed by atoms with Crippen LogP contribution in [-0.2, 0) is 28.2 Å². The SMILES string of the molecule is CC/C=C\C/C=C\C/C=C\C/C=C\CCCCCCC(=O)O[C@H](COC(=O)CC/C=C\C/C=C\C/C=C\C=C\C(O)C/C=C\C/C=C\CC)COP(=O)(O)O. The van der Waals surface area contributed by atoms with E-state index in [1.54, 1.807) is 6.08 Å². The molecule has 0 aromatic rings. The van der Waals surface area contributed by atoms with E-state index in [9.17, 15) is 19.3 Å². The second kappa shape index (κ2) is 38.7. The molecule has 2 atom stereocenters. The molecule has 0 aliphatic carbocycles. The molecule has 0 spiro atoms. The average Bonchev–Trinajstić information content (AvgIpc) is 3.15. The topological polar surface area (TPSA) is 140 Å². The zero-order chi connectivity index (χ0) is 40.5. The number of carbonyl (C=O) groups is 2. The van der Waals surface area contributed by atoms with Gasteiger partial charge >= 0.3 is 19.8 Å². The summed E-state index contributed by atoms with van der Waals surface area (Å²) in [5.74, 6) is -1.06. The van der Waals surface area contributed by atoms with Gasteiger partial charge in [0.2, 0.25) is 0 Å². The maximum Gasteiger partial charge on any atom is 0.469 e. The molecule has 0 aromatic carbocycles. The fourth-order valence-electron chi connectivity index (χ4n) is 4.65. The van der Waals surface area contributed by atoms with Crippen molar-refractivity contribution in [2.24, 2.45) is 0 Å². The molecule has 9 nitrogen and oxygen atoms in total. The van der Waals surface area contributed by atoms with Crippen molar-refractivity contribution in [3.05, 3.63) is 122 Å². The minimum absolute atomic E-state index is 0.105. The van der Waals surface area contributed by atoms with Crippen molar-refractivity contribution >= 4 is 19.8 Å². The smallest absolute Gasteiger partial charge is 0.462 e. The Morgan fingerprint density at radius 1 is 0.564 bits per heavy atom. The largest absolute Gasteiger partial charge is 0.469 e. The number of phosphoric acid groups is 1. The molecule has 0 bridgehead atoms. The molecule has 0 radical (unpaired) electrons. The van der Waals surface area contributed by atoms with E-state index in [2.05, 4.69) is 85.2 Å². The number of hydrogen-bond acceptors (Lipinski definition) is 7. The minimum atomic E-state index is -4.80. The highest BCUT2D eigenvalue weighted by molar-refractivity contribution is 7.46. The van der Waals surface area contributed by atoms with Crippen LogP contribution >= 0.6 is 7.82 Å². The van der Waals surface area contributed by atoms with Crippen LogP contribution in [0.15, 0.2) is 122 Å². The van der Waals surface area contributed by atoms with Gasteiger partial charge in [0.15, 0.2) is 6.10 Å². The molecule has 55 heavy (non-hydrogen) atoms. The standard InChI is InChI=1S/C45H69O9P/c1-3-5-7-9-11-12-13-14-15-16-17-18-19-24-27-31-35-39-45(48)54-43(41-53-55(49,50)51)40-52-44(47)38-34-30-26-23-21-20-22-25-29-33-37-42(46)36-32-28-10-8-6-4-2/h5-8,11-12,14-15,17-18,20-21,25-26,28-30,32-33,37,42-43,46H,3-4,9-10,13,16,19,22-24,27,31,34-36,38-41H2,1-2H3,(H2,49,50,51)/b7-5-,8-6-,12-11-,15-14-,18-17-,21-20-,29-25-,30-26-,32-28-,37-33+/t42?,43-/m1/s1. The lowest BCUT2D eigenvalue weighted by atomic mass is 10.1. The van der Waals surface area contributed by atoms with E-state index < -0.39 is 38.6 Å². The van der Waals surface area contributed by atoms with E-state index in [0.29, 0.717) is 25.7 Å². The van der Waals surface area contributed by atoms with Crippen LogP contribution in [0.1, 0.15) is 123 Å². The third-order valence-corrected chi connectivity index (χ3v) is 8.05. The van der Waals surface area contributed by atoms with Crippen molar-refractivity contribution in [2.75, 3.05) is 13.2 Å². The van der Waals surface area contributed by atoms with Gasteiger partial charge in [0, 0.05) is 12.8 Å². The zero-order valence-electron chi connectivity index (χ0n) is 33.4. The lowest BCUT2D eigenvalue weighted by molar-refractivity contribution is -0.161. The molecule has 0 rings (SSSR count). The van der Waals surface area contributed by atoms with Crippen molar-refractivity contribution < 1.29 is 43.0 Å². The number of aliphatic hydroxyl groups excluding tert-OH is 1. The van der Waals surface area contributed by atoms with Crippen LogP contribution in [-0.4, -0.2) is 52.3 Å². The molecule has 0 heterocycles. The van der Waals surface area contributed by atoms with Crippen molar-refractivity contribution in [3.8, 4) is 0 Å². The molecule has 0 aliphatic heterocycles. The van der Waals surface area contributed by atoms with Crippen LogP contribution in [0.3, 0.4) is 0 Å². The Bertz CT molecular complexity index is 1310. The van der Waals surface area contributed by atoms with Crippen molar-refractivity contribution in [1.29, 1.82) is 0 Å². The first-order valence-electron chi connectivity index (χ1n) is 19.9. The van der Waals surface area contributed by atoms with Gasteiger partial charge in [0.25, 0.3) is 0 Å². The predicted molar refractivity (Wildman–Crippen MR) is 226 cm³/mol. The lowest BCUT2D eigenvalue weighted by Gasteiger charge is -2.18. The third-order valence-electron chi connectivity index (χ3n) is 7.57. The Hall–Kier alpha value is -3.59. The van der Waals surface area contributed by atoms with Gasteiger partial charge in [-0.25, -0.2) is 4.57 Å². The van der Waals surface area contributed by atoms with Gasteiger partial charge in [0.05, 0.1) is 12.7 Å². The summed E-state index contributed by atoms with van der Waals surface area (Å²) in [7, 11) is -4.80. The number of aliphatic hydroxyl groups is 1. The van der Waals surface area contributed by atoms with Gasteiger partial charge < -0.3 is 24.4 Å². The molecule has 0 aromatic heterocycles. The Balaban J connectivity index is 4.21. The molecule has 308 valence electrons. The van der Waals surface area contributed by atoms with E-state index in [1.807, 2.05) is 48.6 Å². The molecule has 0 saturated heterocycles. The van der Waals surface area contributed by atoms with Crippen LogP contribution in [0.5, 0.6) is 0 Å². The van der Waals surface area contributed by atoms with E-state index in [4.69, 9.17) is 19.3 Å². The van der Waals surface area contributed by atoms with Gasteiger partial charge in [0.1, 0.15) is 6.61 Å². The van der Waals surface area contributed by atoms with Crippen LogP contribution in [0.2, 0.25) is 0 Å². The van der Waals surface area contributed by atoms with Crippen molar-refractivity contribution in [3.63, 3.8) is 0 Å². The lowest BCUT2D eigenvalue weighted by Crippen LogP contribution is -2.29. The molecule has 1 unspecified atom stereocenters. The summed E-state index contributed by atoms with van der Waals surface area (Å²) in [6.45, 7) is 3.28. The molecule has 10 heteroatoms. The van der Waals surface area contributed by atoms with E-state index in [0.717, 1.165) is 70.6 Å². The van der Waals surface area contributed by atoms with E-state index in [1.165, 1.54) is 0 Å². The van der Waals surface area contributed by atoms with Crippen LogP contribution in [0.4, 0.5) is 0 Å². The summed E-state index contributed by atoms with van der Waals surface area (Å²) in [5, 5.41) is 9.97. The predicted octanol–water partition coefficient (Wildman–Crippen LogP) is 11.1. The summed E-state index contributed by atoms with van der Waals surface area (Å²) in [6.07, 6.45) is 52.4. The Morgan fingerprint density at radius 3 is 1.65 bits per heavy atom. The first-order valence-corrected chi connectivity index (χ1v) is 21.5. The summed E-state index contributed by atoms with van der Waals surface area (Å²) in [4.78, 5) is 42.8. The number of hydrogen-bond donors (Lipinski definition) is 3. The number of ether oxygens (including phenoxy) is 2. The van der Waals surface area contributed by atoms with Crippen molar-refractivity contribution in [1.82, 2.24) is 0 Å². The normalized spacial score (nSPS) is 14.3. The summed E-state index contributed by atoms with van der Waals surface area (Å²) >= 11 is 0. The minimum Gasteiger partial charge on any atom is -0.462 e. The number of allylic oxidation sites excluding steroid dienone is 18. The fourth-order valence-corrected chi connectivity index (χ4v) is 5.01. The highest BCUT2D eigenvalue weighted by Gasteiger charge is 2.22. The first kappa shape index (κ1) is 51.4. The average molecular weight is 785 g/mol. The Labute approximate surface area is 331 Å². The number of unbranched alkanes of at least 4 members (excludes halogenated alkanes) is 4. The van der Waals surface area contributed by atoms with Crippen LogP contribution < -0.4 is 0 Å². The van der Waals surface area contributed by atoms with Crippen LogP contribution in [0.25, 0.3) is 0 Å². The summed E-state index contributed by atoms with van der Waals surface area (Å²) < 4.78 is 26.2. The third kappa shape index (κ3) is 41.4. The first-order chi connectivity index (χ1) is 26.7. The van der Waals surface area contributed by atoms with Crippen molar-refractivity contribution in [2.45, 2.75) is 135 Å². The second-order valence-electron chi connectivity index (χ2n) is 12.7. The van der Waals surface area contributed by atoms with Gasteiger partial charge in [-0.15, -0.1) is 0 Å². The van der Waals surface area contributed by atoms with Crippen LogP contribution in [0, 0.1) is 0 Å². The molecular formula is C45H69O9P. The quantitative estimate of drug-likeness (QED) is 0.0191. The highest BCUT2D eigenvalue weighted by atomic mass is 31.2. The highest BCUT2D eigenvalue weighted by Crippen LogP contribution is 2.35. The number of esters is 2. The molecule has 0 saturated carbocycles. The molecular weight excluding hydrogens is 715 g/mol. The van der Waals surface area contributed by atoms with E-state index >= 15 is 0 Å². The number of carbonyl (C=O) groups excluding carboxylic acids is 2. The number of phosphoric ester groups is 1. The Kier molecular flexibility index (Phi) is 36.2.